The van der Waals surface area contributed by atoms with E-state index in [9.17, 15) is 4.79 Å². The molecule has 1 saturated carbocycles. The van der Waals surface area contributed by atoms with E-state index in [0.29, 0.717) is 18.4 Å². The first-order valence-corrected chi connectivity index (χ1v) is 12.0. The molecule has 0 unspecified atom stereocenters. The van der Waals surface area contributed by atoms with E-state index >= 15 is 0 Å². The van der Waals surface area contributed by atoms with Crippen LogP contribution in [0.3, 0.4) is 0 Å². The lowest BCUT2D eigenvalue weighted by Crippen LogP contribution is -2.41. The van der Waals surface area contributed by atoms with Crippen LogP contribution in [0, 0.1) is 12.8 Å². The van der Waals surface area contributed by atoms with Crippen LogP contribution in [-0.2, 0) is 16.8 Å². The summed E-state index contributed by atoms with van der Waals surface area (Å²) in [6, 6.07) is 8.86. The molecule has 1 atom stereocenters. The highest BCUT2D eigenvalue weighted by atomic mass is 16.5. The molecule has 0 radical (unpaired) electrons. The maximum atomic E-state index is 12.0. The summed E-state index contributed by atoms with van der Waals surface area (Å²) in [6.45, 7) is 6.74. The Kier molecular flexibility index (Phi) is 5.83. The maximum absolute atomic E-state index is 12.0. The molecule has 3 aliphatic rings. The van der Waals surface area contributed by atoms with Crippen LogP contribution in [0.2, 0.25) is 0 Å². The van der Waals surface area contributed by atoms with Crippen LogP contribution in [0.25, 0.3) is 0 Å². The Morgan fingerprint density at radius 3 is 2.65 bits per heavy atom. The summed E-state index contributed by atoms with van der Waals surface area (Å²) >= 11 is 0. The van der Waals surface area contributed by atoms with Crippen LogP contribution in [0.1, 0.15) is 74.2 Å². The predicted molar refractivity (Wildman–Crippen MR) is 119 cm³/mol. The number of likely N-dealkylation sites (tertiary alicyclic amines) is 2. The molecular formula is C25H34N4O2. The van der Waals surface area contributed by atoms with Gasteiger partial charge in [0.15, 0.2) is 5.82 Å². The lowest BCUT2D eigenvalue weighted by molar-refractivity contribution is -0.128. The first-order chi connectivity index (χ1) is 15.1. The van der Waals surface area contributed by atoms with Gasteiger partial charge in [0, 0.05) is 26.1 Å². The first-order valence-electron chi connectivity index (χ1n) is 12.0. The molecule has 1 aromatic carbocycles. The van der Waals surface area contributed by atoms with Crippen molar-refractivity contribution in [3.8, 4) is 0 Å². The van der Waals surface area contributed by atoms with Crippen molar-refractivity contribution < 1.29 is 9.32 Å². The molecular weight excluding hydrogens is 388 g/mol. The van der Waals surface area contributed by atoms with Gasteiger partial charge in [0.05, 0.1) is 12.0 Å². The molecule has 6 nitrogen and oxygen atoms in total. The molecule has 1 amide bonds. The Labute approximate surface area is 185 Å². The summed E-state index contributed by atoms with van der Waals surface area (Å²) < 4.78 is 5.77. The van der Waals surface area contributed by atoms with Gasteiger partial charge in [-0.15, -0.1) is 0 Å². The number of carbonyl (C=O) groups excluding carboxylic acids is 1. The van der Waals surface area contributed by atoms with Crippen molar-refractivity contribution in [3.63, 3.8) is 0 Å². The largest absolute Gasteiger partial charge is 0.342 e. The van der Waals surface area contributed by atoms with Crippen LogP contribution in [0.15, 0.2) is 28.8 Å². The van der Waals surface area contributed by atoms with E-state index in [1.165, 1.54) is 36.8 Å². The van der Waals surface area contributed by atoms with E-state index in [1.54, 1.807) is 0 Å². The molecule has 5 rings (SSSR count). The number of hydrogen-bond donors (Lipinski definition) is 0. The second-order valence-electron chi connectivity index (χ2n) is 9.85. The second-order valence-corrected chi connectivity index (χ2v) is 9.85. The van der Waals surface area contributed by atoms with E-state index in [2.05, 4.69) is 46.1 Å². The zero-order valence-corrected chi connectivity index (χ0v) is 18.7. The standard InChI is InChI=1S/C25H34N4O2/c1-19-8-10-21(11-9-19)25(12-2-3-13-25)24-26-22(31-27-24)18-28-14-4-6-20(16-28)17-29-15-5-7-23(29)30/h8-11,20H,2-7,12-18H2,1H3/t20-/m1/s1. The minimum atomic E-state index is -0.101. The topological polar surface area (TPSA) is 62.5 Å². The molecule has 166 valence electrons. The minimum absolute atomic E-state index is 0.101. The lowest BCUT2D eigenvalue weighted by Gasteiger charge is -2.33. The number of rotatable bonds is 6. The van der Waals surface area contributed by atoms with Gasteiger partial charge in [0.25, 0.3) is 0 Å². The number of hydrogen-bond acceptors (Lipinski definition) is 5. The molecule has 3 heterocycles. The molecule has 0 N–H and O–H groups in total. The van der Waals surface area contributed by atoms with E-state index in [4.69, 9.17) is 9.51 Å². The highest BCUT2D eigenvalue weighted by Gasteiger charge is 2.41. The Bertz CT molecular complexity index is 901. The van der Waals surface area contributed by atoms with Gasteiger partial charge >= 0.3 is 0 Å². The van der Waals surface area contributed by atoms with Gasteiger partial charge in [0.2, 0.25) is 11.8 Å². The Balaban J connectivity index is 1.26. The minimum Gasteiger partial charge on any atom is -0.342 e. The number of piperidine rings is 1. The lowest BCUT2D eigenvalue weighted by atomic mass is 9.78. The first kappa shape index (κ1) is 20.7. The fraction of sp³-hybridized carbons (Fsp3) is 0.640. The highest BCUT2D eigenvalue weighted by Crippen LogP contribution is 2.45. The number of aryl methyl sites for hydroxylation is 1. The SMILES string of the molecule is Cc1ccc(C2(c3noc(CN4CCC[C@@H](CN5CCCC5=O)C4)n3)CCCC2)cc1. The van der Waals surface area contributed by atoms with Gasteiger partial charge in [-0.25, -0.2) is 0 Å². The molecule has 2 aliphatic heterocycles. The molecule has 1 aliphatic carbocycles. The fourth-order valence-corrected chi connectivity index (χ4v) is 5.85. The van der Waals surface area contributed by atoms with Crippen LogP contribution < -0.4 is 0 Å². The smallest absolute Gasteiger partial charge is 0.240 e. The highest BCUT2D eigenvalue weighted by molar-refractivity contribution is 5.78. The number of carbonyl (C=O) groups is 1. The van der Waals surface area contributed by atoms with Crippen molar-refractivity contribution in [1.29, 1.82) is 0 Å². The van der Waals surface area contributed by atoms with Crippen molar-refractivity contribution >= 4 is 5.91 Å². The van der Waals surface area contributed by atoms with Gasteiger partial charge in [-0.1, -0.05) is 47.8 Å². The van der Waals surface area contributed by atoms with E-state index in [-0.39, 0.29) is 5.41 Å². The summed E-state index contributed by atoms with van der Waals surface area (Å²) in [4.78, 5) is 21.4. The summed E-state index contributed by atoms with van der Waals surface area (Å²) in [6.07, 6.45) is 8.70. The summed E-state index contributed by atoms with van der Waals surface area (Å²) in [5, 5.41) is 4.48. The zero-order valence-electron chi connectivity index (χ0n) is 18.7. The molecule has 31 heavy (non-hydrogen) atoms. The Morgan fingerprint density at radius 2 is 1.90 bits per heavy atom. The molecule has 6 heteroatoms. The van der Waals surface area contributed by atoms with Gasteiger partial charge in [-0.05, 0) is 57.1 Å². The number of benzene rings is 1. The normalized spacial score (nSPS) is 24.2. The predicted octanol–water partition coefficient (Wildman–Crippen LogP) is 4.07. The van der Waals surface area contributed by atoms with Crippen molar-refractivity contribution in [2.75, 3.05) is 26.2 Å². The van der Waals surface area contributed by atoms with Crippen molar-refractivity contribution in [1.82, 2.24) is 19.9 Å². The third kappa shape index (κ3) is 4.27. The molecule has 3 fully saturated rings. The summed E-state index contributed by atoms with van der Waals surface area (Å²) in [5.41, 5.74) is 2.49. The zero-order chi connectivity index (χ0) is 21.3. The molecule has 0 spiro atoms. The maximum Gasteiger partial charge on any atom is 0.240 e. The third-order valence-corrected chi connectivity index (χ3v) is 7.57. The van der Waals surface area contributed by atoms with Crippen molar-refractivity contribution in [2.45, 2.75) is 70.3 Å². The monoisotopic (exact) mass is 422 g/mol. The number of aromatic nitrogens is 2. The summed E-state index contributed by atoms with van der Waals surface area (Å²) in [5.74, 6) is 2.47. The van der Waals surface area contributed by atoms with Crippen LogP contribution in [0.4, 0.5) is 0 Å². The van der Waals surface area contributed by atoms with Crippen molar-refractivity contribution in [2.24, 2.45) is 5.92 Å². The molecule has 2 aromatic rings. The molecule has 2 saturated heterocycles. The quantitative estimate of drug-likeness (QED) is 0.702. The van der Waals surface area contributed by atoms with Gasteiger partial charge in [-0.2, -0.15) is 4.98 Å². The number of nitrogens with zero attached hydrogens (tertiary/aromatic N) is 4. The van der Waals surface area contributed by atoms with Crippen molar-refractivity contribution in [3.05, 3.63) is 47.1 Å². The second kappa shape index (κ2) is 8.73. The Hall–Kier alpha value is -2.21. The van der Waals surface area contributed by atoms with E-state index in [0.717, 1.165) is 63.6 Å². The van der Waals surface area contributed by atoms with Crippen LogP contribution in [0.5, 0.6) is 0 Å². The molecule has 1 aromatic heterocycles. The average molecular weight is 423 g/mol. The number of amides is 1. The van der Waals surface area contributed by atoms with E-state index in [1.807, 2.05) is 0 Å². The van der Waals surface area contributed by atoms with Gasteiger partial charge < -0.3 is 9.42 Å². The third-order valence-electron chi connectivity index (χ3n) is 7.57. The van der Waals surface area contributed by atoms with Crippen LogP contribution >= 0.6 is 0 Å². The summed E-state index contributed by atoms with van der Waals surface area (Å²) in [7, 11) is 0. The van der Waals surface area contributed by atoms with Gasteiger partial charge in [-0.3, -0.25) is 9.69 Å². The average Bonchev–Trinajstić information content (AvgIpc) is 3.52. The molecule has 0 bridgehead atoms. The van der Waals surface area contributed by atoms with Gasteiger partial charge in [0.1, 0.15) is 0 Å². The van der Waals surface area contributed by atoms with E-state index < -0.39 is 0 Å². The Morgan fingerprint density at radius 1 is 1.10 bits per heavy atom. The fourth-order valence-electron chi connectivity index (χ4n) is 5.85. The van der Waals surface area contributed by atoms with Crippen LogP contribution in [-0.4, -0.2) is 52.0 Å².